The molecule has 9 heteroatoms. The van der Waals surface area contributed by atoms with Crippen LogP contribution in [0.3, 0.4) is 0 Å². The van der Waals surface area contributed by atoms with Gasteiger partial charge in [0.15, 0.2) is 27.8 Å². The first-order chi connectivity index (χ1) is 14.2. The monoisotopic (exact) mass is 430 g/mol. The van der Waals surface area contributed by atoms with E-state index in [-0.39, 0.29) is 25.9 Å². The summed E-state index contributed by atoms with van der Waals surface area (Å²) in [6.07, 6.45) is 2.27. The number of thioether (sulfide) groups is 1. The van der Waals surface area contributed by atoms with Crippen LogP contribution in [0.1, 0.15) is 5.56 Å². The summed E-state index contributed by atoms with van der Waals surface area (Å²) in [5.41, 5.74) is 1.85. The molecule has 1 aromatic heterocycles. The standard InChI is InChI=1S/C20H18N2O5S2/c1-28-5-4-22-13-8-16-17(27-11-26-16)9-18(13)29-20(22)21-19(23)7-12-2-3-14-15(6-12)25-10-24-14/h2-3,6,8-9H,4-5,7,10-11H2,1H3. The molecule has 0 bridgehead atoms. The average molecular weight is 431 g/mol. The molecular formula is C20H18N2O5S2. The van der Waals surface area contributed by atoms with Gasteiger partial charge in [-0.1, -0.05) is 17.4 Å². The van der Waals surface area contributed by atoms with Gasteiger partial charge >= 0.3 is 0 Å². The number of rotatable bonds is 5. The number of carbonyl (C=O) groups is 1. The number of thiazole rings is 1. The van der Waals surface area contributed by atoms with Crippen LogP contribution in [-0.2, 0) is 17.8 Å². The van der Waals surface area contributed by atoms with Crippen molar-refractivity contribution >= 4 is 39.2 Å². The molecule has 5 rings (SSSR count). The maximum atomic E-state index is 12.7. The number of ether oxygens (including phenoxy) is 4. The van der Waals surface area contributed by atoms with Gasteiger partial charge in [-0.3, -0.25) is 4.79 Å². The van der Waals surface area contributed by atoms with E-state index in [0.29, 0.717) is 16.3 Å². The lowest BCUT2D eigenvalue weighted by atomic mass is 10.1. The third-order valence-corrected chi connectivity index (χ3v) is 6.34. The molecule has 0 radical (unpaired) electrons. The summed E-state index contributed by atoms with van der Waals surface area (Å²) in [6, 6.07) is 9.45. The van der Waals surface area contributed by atoms with Crippen molar-refractivity contribution in [1.82, 2.24) is 4.57 Å². The van der Waals surface area contributed by atoms with Gasteiger partial charge in [0.25, 0.3) is 5.91 Å². The zero-order chi connectivity index (χ0) is 19.8. The Balaban J connectivity index is 1.49. The summed E-state index contributed by atoms with van der Waals surface area (Å²) in [6.45, 7) is 1.21. The van der Waals surface area contributed by atoms with Crippen LogP contribution in [0.2, 0.25) is 0 Å². The van der Waals surface area contributed by atoms with Gasteiger partial charge in [-0.05, 0) is 24.0 Å². The van der Waals surface area contributed by atoms with E-state index < -0.39 is 0 Å². The number of fused-ring (bicyclic) bond motifs is 3. The molecule has 2 aliphatic rings. The zero-order valence-electron chi connectivity index (χ0n) is 15.7. The molecule has 3 aromatic rings. The van der Waals surface area contributed by atoms with Crippen LogP contribution in [0, 0.1) is 0 Å². The fourth-order valence-corrected chi connectivity index (χ4v) is 4.76. The molecule has 0 fully saturated rings. The predicted octanol–water partition coefficient (Wildman–Crippen LogP) is 3.19. The Morgan fingerprint density at radius 3 is 2.59 bits per heavy atom. The highest BCUT2D eigenvalue weighted by Crippen LogP contribution is 2.37. The van der Waals surface area contributed by atoms with Crippen molar-refractivity contribution in [2.24, 2.45) is 4.99 Å². The number of aromatic nitrogens is 1. The van der Waals surface area contributed by atoms with Gasteiger partial charge in [-0.2, -0.15) is 16.8 Å². The van der Waals surface area contributed by atoms with Crippen molar-refractivity contribution in [1.29, 1.82) is 0 Å². The molecule has 2 aliphatic heterocycles. The molecule has 2 aromatic carbocycles. The zero-order valence-corrected chi connectivity index (χ0v) is 17.3. The Morgan fingerprint density at radius 2 is 1.79 bits per heavy atom. The van der Waals surface area contributed by atoms with Crippen LogP contribution in [-0.4, -0.2) is 36.1 Å². The number of hydrogen-bond acceptors (Lipinski definition) is 7. The summed E-state index contributed by atoms with van der Waals surface area (Å²) in [5, 5.41) is 0. The SMILES string of the molecule is CSCCn1c(=NC(=O)Cc2ccc3c(c2)OCO3)sc2cc3c(cc21)OCO3. The van der Waals surface area contributed by atoms with E-state index >= 15 is 0 Å². The second-order valence-electron chi connectivity index (χ2n) is 6.57. The topological polar surface area (TPSA) is 71.3 Å². The average Bonchev–Trinajstić information content (AvgIpc) is 3.42. The number of hydrogen-bond donors (Lipinski definition) is 0. The van der Waals surface area contributed by atoms with Crippen molar-refractivity contribution in [2.45, 2.75) is 13.0 Å². The quantitative estimate of drug-likeness (QED) is 0.619. The second-order valence-corrected chi connectivity index (χ2v) is 8.57. The van der Waals surface area contributed by atoms with Gasteiger partial charge in [0.05, 0.1) is 16.6 Å². The fourth-order valence-electron chi connectivity index (χ4n) is 3.32. The molecular weight excluding hydrogens is 412 g/mol. The number of aryl methyl sites for hydroxylation is 1. The van der Waals surface area contributed by atoms with Crippen LogP contribution in [0.15, 0.2) is 35.3 Å². The molecule has 0 saturated heterocycles. The third kappa shape index (κ3) is 3.56. The first-order valence-electron chi connectivity index (χ1n) is 9.09. The molecule has 0 atom stereocenters. The van der Waals surface area contributed by atoms with Crippen LogP contribution in [0.5, 0.6) is 23.0 Å². The Morgan fingerprint density at radius 1 is 1.07 bits per heavy atom. The largest absolute Gasteiger partial charge is 0.454 e. The Hall–Kier alpha value is -2.65. The van der Waals surface area contributed by atoms with Crippen molar-refractivity contribution < 1.29 is 23.7 Å². The van der Waals surface area contributed by atoms with E-state index in [4.69, 9.17) is 18.9 Å². The maximum Gasteiger partial charge on any atom is 0.252 e. The summed E-state index contributed by atoms with van der Waals surface area (Å²) in [5.74, 6) is 3.55. The Labute approximate surface area is 174 Å². The van der Waals surface area contributed by atoms with Gasteiger partial charge in [-0.15, -0.1) is 0 Å². The van der Waals surface area contributed by atoms with Gasteiger partial charge in [-0.25, -0.2) is 0 Å². The van der Waals surface area contributed by atoms with Crippen LogP contribution < -0.4 is 23.7 Å². The lowest BCUT2D eigenvalue weighted by Crippen LogP contribution is -2.18. The first kappa shape index (κ1) is 18.4. The van der Waals surface area contributed by atoms with Gasteiger partial charge in [0.2, 0.25) is 13.6 Å². The number of nitrogens with zero attached hydrogens (tertiary/aromatic N) is 2. The third-order valence-electron chi connectivity index (χ3n) is 4.71. The number of carbonyl (C=O) groups excluding carboxylic acids is 1. The van der Waals surface area contributed by atoms with Crippen molar-refractivity contribution in [2.75, 3.05) is 25.6 Å². The van der Waals surface area contributed by atoms with Crippen LogP contribution in [0.4, 0.5) is 0 Å². The van der Waals surface area contributed by atoms with E-state index in [0.717, 1.165) is 39.6 Å². The molecule has 3 heterocycles. The molecule has 0 N–H and O–H groups in total. The number of benzene rings is 2. The predicted molar refractivity (Wildman–Crippen MR) is 111 cm³/mol. The summed E-state index contributed by atoms with van der Waals surface area (Å²) >= 11 is 3.24. The molecule has 150 valence electrons. The normalized spacial score (nSPS) is 14.7. The van der Waals surface area contributed by atoms with E-state index in [9.17, 15) is 4.79 Å². The highest BCUT2D eigenvalue weighted by Gasteiger charge is 2.18. The summed E-state index contributed by atoms with van der Waals surface area (Å²) in [7, 11) is 0. The minimum atomic E-state index is -0.201. The number of amides is 1. The van der Waals surface area contributed by atoms with Crippen LogP contribution >= 0.6 is 23.1 Å². The van der Waals surface area contributed by atoms with Gasteiger partial charge < -0.3 is 23.5 Å². The molecule has 1 amide bonds. The minimum absolute atomic E-state index is 0.201. The lowest BCUT2D eigenvalue weighted by Gasteiger charge is -2.05. The second kappa shape index (κ2) is 7.64. The van der Waals surface area contributed by atoms with Gasteiger partial charge in [0.1, 0.15) is 0 Å². The minimum Gasteiger partial charge on any atom is -0.454 e. The molecule has 0 aliphatic carbocycles. The van der Waals surface area contributed by atoms with Crippen LogP contribution in [0.25, 0.3) is 10.2 Å². The fraction of sp³-hybridized carbons (Fsp3) is 0.300. The summed E-state index contributed by atoms with van der Waals surface area (Å²) in [4.78, 5) is 17.8. The smallest absolute Gasteiger partial charge is 0.252 e. The molecule has 7 nitrogen and oxygen atoms in total. The van der Waals surface area contributed by atoms with Crippen molar-refractivity contribution in [3.63, 3.8) is 0 Å². The van der Waals surface area contributed by atoms with E-state index in [1.54, 1.807) is 11.8 Å². The molecule has 0 saturated carbocycles. The molecule has 0 spiro atoms. The first-order valence-corrected chi connectivity index (χ1v) is 11.3. The van der Waals surface area contributed by atoms with Gasteiger partial charge in [0, 0.05) is 24.4 Å². The van der Waals surface area contributed by atoms with Crippen molar-refractivity contribution in [3.05, 3.63) is 40.7 Å². The highest BCUT2D eigenvalue weighted by molar-refractivity contribution is 7.98. The van der Waals surface area contributed by atoms with E-state index in [1.807, 2.05) is 30.3 Å². The maximum absolute atomic E-state index is 12.7. The van der Waals surface area contributed by atoms with E-state index in [1.165, 1.54) is 11.3 Å². The van der Waals surface area contributed by atoms with E-state index in [2.05, 4.69) is 15.8 Å². The van der Waals surface area contributed by atoms with Crippen molar-refractivity contribution in [3.8, 4) is 23.0 Å². The Bertz CT molecular complexity index is 1170. The molecule has 29 heavy (non-hydrogen) atoms. The lowest BCUT2D eigenvalue weighted by molar-refractivity contribution is -0.117. The highest BCUT2D eigenvalue weighted by atomic mass is 32.2. The summed E-state index contributed by atoms with van der Waals surface area (Å²) < 4.78 is 24.8. The Kier molecular flexibility index (Phi) is 4.84. The molecule has 0 unspecified atom stereocenters.